The molecule has 3 rings (SSSR count). The van der Waals surface area contributed by atoms with Gasteiger partial charge in [0.05, 0.1) is 21.8 Å². The zero-order valence-electron chi connectivity index (χ0n) is 15.1. The third-order valence-electron chi connectivity index (χ3n) is 3.93. The second-order valence-electron chi connectivity index (χ2n) is 6.13. The molecule has 0 unspecified atom stereocenters. The van der Waals surface area contributed by atoms with Gasteiger partial charge in [-0.2, -0.15) is 5.26 Å². The van der Waals surface area contributed by atoms with Gasteiger partial charge < -0.3 is 10.6 Å². The van der Waals surface area contributed by atoms with Crippen LogP contribution >= 0.6 is 11.3 Å². The minimum atomic E-state index is -0.366. The predicted molar refractivity (Wildman–Crippen MR) is 105 cm³/mol. The molecule has 8 heteroatoms. The lowest BCUT2D eigenvalue weighted by Crippen LogP contribution is -2.28. The SMILES string of the molecule is CC(=O)NCCCNC(=O)c1cc(C#N)cc(-c2nc3cc(F)ccc3s2)c1. The Balaban J connectivity index is 1.80. The van der Waals surface area contributed by atoms with Crippen LogP contribution in [0, 0.1) is 17.1 Å². The molecule has 6 nitrogen and oxygen atoms in total. The van der Waals surface area contributed by atoms with Crippen molar-refractivity contribution in [2.45, 2.75) is 13.3 Å². The Hall–Kier alpha value is -3.31. The number of amides is 2. The maximum Gasteiger partial charge on any atom is 0.251 e. The first-order valence-electron chi connectivity index (χ1n) is 8.60. The van der Waals surface area contributed by atoms with Crippen molar-refractivity contribution >= 4 is 33.4 Å². The van der Waals surface area contributed by atoms with Gasteiger partial charge in [-0.05, 0) is 36.8 Å². The fourth-order valence-electron chi connectivity index (χ4n) is 2.63. The summed E-state index contributed by atoms with van der Waals surface area (Å²) in [6, 6.07) is 11.3. The first-order valence-corrected chi connectivity index (χ1v) is 9.42. The molecule has 2 amide bonds. The minimum Gasteiger partial charge on any atom is -0.356 e. The topological polar surface area (TPSA) is 94.9 Å². The summed E-state index contributed by atoms with van der Waals surface area (Å²) in [6.07, 6.45) is 0.597. The molecular weight excluding hydrogens is 379 g/mol. The zero-order chi connectivity index (χ0) is 20.1. The number of nitrogens with one attached hydrogen (secondary N) is 2. The highest BCUT2D eigenvalue weighted by atomic mass is 32.1. The van der Waals surface area contributed by atoms with E-state index < -0.39 is 0 Å². The summed E-state index contributed by atoms with van der Waals surface area (Å²) in [5.41, 5.74) is 1.85. The van der Waals surface area contributed by atoms with Gasteiger partial charge in [0.25, 0.3) is 5.91 Å². The summed E-state index contributed by atoms with van der Waals surface area (Å²) >= 11 is 1.37. The molecule has 0 atom stereocenters. The van der Waals surface area contributed by atoms with Crippen LogP contribution < -0.4 is 10.6 Å². The van der Waals surface area contributed by atoms with Crippen LogP contribution in [0.2, 0.25) is 0 Å². The Morgan fingerprint density at radius 2 is 1.96 bits per heavy atom. The van der Waals surface area contributed by atoms with Gasteiger partial charge in [0.1, 0.15) is 10.8 Å². The first-order chi connectivity index (χ1) is 13.5. The van der Waals surface area contributed by atoms with Crippen LogP contribution in [0.5, 0.6) is 0 Å². The standard InChI is InChI=1S/C20H17FN4O2S/c1-12(26)23-5-2-6-24-19(27)14-7-13(11-22)8-15(9-14)20-25-17-10-16(21)3-4-18(17)28-20/h3-4,7-10H,2,5-6H2,1H3,(H,23,26)(H,24,27). The fraction of sp³-hybridized carbons (Fsp3) is 0.200. The number of nitriles is 1. The number of hydrogen-bond donors (Lipinski definition) is 2. The van der Waals surface area contributed by atoms with E-state index in [1.807, 2.05) is 0 Å². The third kappa shape index (κ3) is 4.69. The number of thiazole rings is 1. The Morgan fingerprint density at radius 1 is 1.18 bits per heavy atom. The van der Waals surface area contributed by atoms with Crippen LogP contribution in [-0.4, -0.2) is 29.9 Å². The van der Waals surface area contributed by atoms with Crippen LogP contribution in [-0.2, 0) is 4.79 Å². The van der Waals surface area contributed by atoms with Crippen molar-refractivity contribution in [1.29, 1.82) is 5.26 Å². The molecular formula is C20H17FN4O2S. The molecule has 0 spiro atoms. The fourth-order valence-corrected chi connectivity index (χ4v) is 3.56. The molecule has 0 saturated heterocycles. The number of aromatic nitrogens is 1. The van der Waals surface area contributed by atoms with Crippen molar-refractivity contribution in [3.8, 4) is 16.6 Å². The maximum absolute atomic E-state index is 13.4. The largest absolute Gasteiger partial charge is 0.356 e. The Kier molecular flexibility index (Phi) is 5.96. The summed E-state index contributed by atoms with van der Waals surface area (Å²) in [6.45, 7) is 2.30. The van der Waals surface area contributed by atoms with Gasteiger partial charge in [0, 0.05) is 37.2 Å². The van der Waals surface area contributed by atoms with Crippen molar-refractivity contribution in [3.05, 3.63) is 53.3 Å². The summed E-state index contributed by atoms with van der Waals surface area (Å²) in [7, 11) is 0. The normalized spacial score (nSPS) is 10.5. The Labute approximate surface area is 165 Å². The molecule has 1 aromatic heterocycles. The number of carbonyl (C=O) groups excluding carboxylic acids is 2. The summed E-state index contributed by atoms with van der Waals surface area (Å²) in [4.78, 5) is 27.7. The van der Waals surface area contributed by atoms with Gasteiger partial charge in [0.2, 0.25) is 5.91 Å². The molecule has 2 N–H and O–H groups in total. The van der Waals surface area contributed by atoms with Crippen molar-refractivity contribution in [2.24, 2.45) is 0 Å². The first kappa shape index (κ1) is 19.5. The molecule has 2 aromatic carbocycles. The average molecular weight is 396 g/mol. The zero-order valence-corrected chi connectivity index (χ0v) is 15.9. The van der Waals surface area contributed by atoms with Crippen LogP contribution in [0.3, 0.4) is 0 Å². The molecule has 0 aliphatic heterocycles. The average Bonchev–Trinajstić information content (AvgIpc) is 3.10. The van der Waals surface area contributed by atoms with E-state index in [4.69, 9.17) is 0 Å². The third-order valence-corrected chi connectivity index (χ3v) is 5.02. The number of halogens is 1. The van der Waals surface area contributed by atoms with Crippen molar-refractivity contribution < 1.29 is 14.0 Å². The lowest BCUT2D eigenvalue weighted by Gasteiger charge is -2.07. The van der Waals surface area contributed by atoms with Crippen molar-refractivity contribution in [1.82, 2.24) is 15.6 Å². The molecule has 142 valence electrons. The van der Waals surface area contributed by atoms with Crippen LogP contribution in [0.15, 0.2) is 36.4 Å². The summed E-state index contributed by atoms with van der Waals surface area (Å²) < 4.78 is 14.2. The number of rotatable bonds is 6. The molecule has 0 aliphatic carbocycles. The molecule has 0 aliphatic rings. The molecule has 1 heterocycles. The number of nitrogens with zero attached hydrogens (tertiary/aromatic N) is 2. The van der Waals surface area contributed by atoms with Crippen LogP contribution in [0.4, 0.5) is 4.39 Å². The smallest absolute Gasteiger partial charge is 0.251 e. The van der Waals surface area contributed by atoms with E-state index in [0.717, 1.165) is 4.70 Å². The maximum atomic E-state index is 13.4. The van der Waals surface area contributed by atoms with E-state index in [2.05, 4.69) is 21.7 Å². The highest BCUT2D eigenvalue weighted by Crippen LogP contribution is 2.31. The van der Waals surface area contributed by atoms with E-state index in [0.29, 0.717) is 46.7 Å². The lowest BCUT2D eigenvalue weighted by atomic mass is 10.1. The molecule has 0 bridgehead atoms. The quantitative estimate of drug-likeness (QED) is 0.626. The van der Waals surface area contributed by atoms with Gasteiger partial charge in [-0.15, -0.1) is 11.3 Å². The molecule has 0 radical (unpaired) electrons. The van der Waals surface area contributed by atoms with Crippen molar-refractivity contribution in [3.63, 3.8) is 0 Å². The van der Waals surface area contributed by atoms with Gasteiger partial charge in [-0.1, -0.05) is 0 Å². The highest BCUT2D eigenvalue weighted by Gasteiger charge is 2.13. The Morgan fingerprint density at radius 3 is 2.71 bits per heavy atom. The highest BCUT2D eigenvalue weighted by molar-refractivity contribution is 7.21. The number of fused-ring (bicyclic) bond motifs is 1. The summed E-state index contributed by atoms with van der Waals surface area (Å²) in [5.74, 6) is -0.795. The number of benzene rings is 2. The van der Waals surface area contributed by atoms with E-state index in [9.17, 15) is 19.2 Å². The van der Waals surface area contributed by atoms with Gasteiger partial charge in [-0.3, -0.25) is 9.59 Å². The van der Waals surface area contributed by atoms with Gasteiger partial charge in [-0.25, -0.2) is 9.37 Å². The monoisotopic (exact) mass is 396 g/mol. The molecule has 0 fully saturated rings. The van der Waals surface area contributed by atoms with E-state index >= 15 is 0 Å². The lowest BCUT2D eigenvalue weighted by molar-refractivity contribution is -0.118. The van der Waals surface area contributed by atoms with Gasteiger partial charge in [0.15, 0.2) is 0 Å². The van der Waals surface area contributed by atoms with E-state index in [1.54, 1.807) is 18.2 Å². The van der Waals surface area contributed by atoms with Crippen LogP contribution in [0.1, 0.15) is 29.3 Å². The molecule has 3 aromatic rings. The van der Waals surface area contributed by atoms with Gasteiger partial charge >= 0.3 is 0 Å². The van der Waals surface area contributed by atoms with Crippen LogP contribution in [0.25, 0.3) is 20.8 Å². The number of carbonyl (C=O) groups is 2. The van der Waals surface area contributed by atoms with E-state index in [-0.39, 0.29) is 17.6 Å². The Bertz CT molecular complexity index is 1090. The summed E-state index contributed by atoms with van der Waals surface area (Å²) in [5, 5.41) is 15.3. The molecule has 28 heavy (non-hydrogen) atoms. The number of hydrogen-bond acceptors (Lipinski definition) is 5. The molecule has 0 saturated carbocycles. The second-order valence-corrected chi connectivity index (χ2v) is 7.16. The second kappa shape index (κ2) is 8.59. The minimum absolute atomic E-state index is 0.117. The van der Waals surface area contributed by atoms with E-state index in [1.165, 1.54) is 36.5 Å². The van der Waals surface area contributed by atoms with Crippen molar-refractivity contribution in [2.75, 3.05) is 13.1 Å². The predicted octanol–water partition coefficient (Wildman–Crippen LogP) is 3.23.